The molecule has 16 nitrogen and oxygen atoms in total. The molecule has 3 unspecified atom stereocenters. The summed E-state index contributed by atoms with van der Waals surface area (Å²) >= 11 is 1.64. The van der Waals surface area contributed by atoms with Crippen molar-refractivity contribution in [2.24, 2.45) is 0 Å². The van der Waals surface area contributed by atoms with E-state index in [2.05, 4.69) is 71.7 Å². The number of likely N-dealkylation sites (tertiary alicyclic amines) is 2. The van der Waals surface area contributed by atoms with E-state index >= 15 is 0 Å². The number of carbonyl (C=O) groups excluding carboxylic acids is 2. The number of carbonyl (C=O) groups is 2. The highest BCUT2D eigenvalue weighted by Crippen LogP contribution is 2.33. The number of piperazine rings is 1. The molecule has 2 aromatic carbocycles. The topological polar surface area (TPSA) is 186 Å². The summed E-state index contributed by atoms with van der Waals surface area (Å²) in [5.41, 5.74) is 7.50. The highest BCUT2D eigenvalue weighted by atomic mass is 32.1. The number of benzene rings is 2. The molecule has 3 aliphatic heterocycles. The Hall–Kier alpha value is -5.62. The summed E-state index contributed by atoms with van der Waals surface area (Å²) < 4.78 is 11.4. The van der Waals surface area contributed by atoms with Gasteiger partial charge in [0.15, 0.2) is 5.82 Å². The van der Waals surface area contributed by atoms with Gasteiger partial charge in [-0.2, -0.15) is 0 Å². The lowest BCUT2D eigenvalue weighted by atomic mass is 10.1. The largest absolute Gasteiger partial charge is 0.507 e. The van der Waals surface area contributed by atoms with Crippen LogP contribution in [0.2, 0.25) is 0 Å². The van der Waals surface area contributed by atoms with Crippen LogP contribution in [0, 0.1) is 6.92 Å². The first-order valence-electron chi connectivity index (χ1n) is 21.9. The van der Waals surface area contributed by atoms with Gasteiger partial charge in [-0.15, -0.1) is 21.5 Å². The van der Waals surface area contributed by atoms with Gasteiger partial charge in [0, 0.05) is 83.6 Å². The van der Waals surface area contributed by atoms with Crippen molar-refractivity contribution in [2.45, 2.75) is 78.2 Å². The molecule has 3 aliphatic rings. The number of para-hydroxylation sites is 1. The van der Waals surface area contributed by atoms with E-state index in [1.165, 1.54) is 16.9 Å². The van der Waals surface area contributed by atoms with Crippen LogP contribution in [-0.4, -0.2) is 142 Å². The number of β-amino-alcohol motifs (C(OH)–C–C–N with tert-alkyl or cyclic N) is 1. The fourth-order valence-electron chi connectivity index (χ4n) is 8.01. The lowest BCUT2D eigenvalue weighted by Crippen LogP contribution is -2.51. The summed E-state index contributed by atoms with van der Waals surface area (Å²) in [6.07, 6.45) is 3.29. The van der Waals surface area contributed by atoms with Crippen LogP contribution in [-0.2, 0) is 22.6 Å². The molecule has 0 aliphatic carbocycles. The molecule has 338 valence electrons. The number of amides is 2. The van der Waals surface area contributed by atoms with Crippen molar-refractivity contribution in [3.8, 4) is 33.3 Å². The van der Waals surface area contributed by atoms with Crippen LogP contribution in [0.3, 0.4) is 0 Å². The Morgan fingerprint density at radius 1 is 1.02 bits per heavy atom. The number of aryl methyl sites for hydroxylation is 1. The van der Waals surface area contributed by atoms with E-state index in [1.54, 1.807) is 34.4 Å². The van der Waals surface area contributed by atoms with Crippen molar-refractivity contribution in [3.63, 3.8) is 0 Å². The summed E-state index contributed by atoms with van der Waals surface area (Å²) in [5.74, 6) is 1.72. The number of aromatic hydroxyl groups is 1. The molecule has 63 heavy (non-hydrogen) atoms. The number of hydrogen-bond acceptors (Lipinski definition) is 15. The SMILES string of the molecule is CCC.CNc1nnc(-c2ccccc2O)cc1N1CCN(C2CCN(CC(C)Oc3cc(CC(=O)N4CCC(O)C4)on3)C2)CC1.Cc1ncsc1-c1ccc(CNC=O)cc1. The minimum absolute atomic E-state index is 0.0709. The van der Waals surface area contributed by atoms with Crippen molar-refractivity contribution in [1.29, 1.82) is 0 Å². The van der Waals surface area contributed by atoms with Crippen LogP contribution < -0.4 is 20.3 Å². The van der Waals surface area contributed by atoms with Crippen molar-refractivity contribution < 1.29 is 29.1 Å². The van der Waals surface area contributed by atoms with Crippen molar-refractivity contribution in [3.05, 3.63) is 83.2 Å². The molecule has 3 atom stereocenters. The fraction of sp³-hybridized carbons (Fsp3) is 0.478. The molecule has 6 heterocycles. The number of anilines is 2. The number of phenols is 1. The number of phenolic OH excluding ortho intramolecular Hbond substituents is 1. The predicted octanol–water partition coefficient (Wildman–Crippen LogP) is 5.46. The van der Waals surface area contributed by atoms with E-state index in [0.29, 0.717) is 61.4 Å². The van der Waals surface area contributed by atoms with Gasteiger partial charge in [-0.1, -0.05) is 56.7 Å². The van der Waals surface area contributed by atoms with Gasteiger partial charge < -0.3 is 39.9 Å². The number of rotatable bonds is 14. The molecule has 8 rings (SSSR count). The van der Waals surface area contributed by atoms with E-state index in [4.69, 9.17) is 9.26 Å². The molecular formula is C46H62N10O6S. The monoisotopic (exact) mass is 882 g/mol. The van der Waals surface area contributed by atoms with E-state index in [1.807, 2.05) is 56.7 Å². The Morgan fingerprint density at radius 2 is 1.78 bits per heavy atom. The number of ether oxygens (including phenoxy) is 1. The van der Waals surface area contributed by atoms with Gasteiger partial charge in [0.1, 0.15) is 17.6 Å². The van der Waals surface area contributed by atoms with Crippen LogP contribution in [0.25, 0.3) is 21.7 Å². The Kier molecular flexibility index (Phi) is 17.2. The molecule has 2 amide bonds. The molecule has 0 radical (unpaired) electrons. The number of nitrogens with one attached hydrogen (secondary N) is 2. The number of thiazole rings is 1. The standard InChI is InChI=1S/C31H42N8O5.C12H12N2OS.C3H8/c1-21(43-29-15-24(44-35-29)16-30(42)39-10-8-23(40)20-39)18-36-9-7-22(19-36)37-11-13-38(14-12-37)27-17-26(33-34-31(27)32-2)25-5-3-4-6-28(25)41;1-9-12(16-8-14-9)11-4-2-10(3-5-11)6-13-7-15;1-3-2/h3-6,15,17,21-23,40-41H,7-14,16,18-20H2,1-2H3,(H,32,34);2-5,7-8H,6H2,1H3,(H,13,15);3H2,1-2H3. The summed E-state index contributed by atoms with van der Waals surface area (Å²) in [6.45, 7) is 16.3. The number of aliphatic hydroxyl groups excluding tert-OH is 1. The van der Waals surface area contributed by atoms with E-state index in [9.17, 15) is 19.8 Å². The first-order valence-corrected chi connectivity index (χ1v) is 22.8. The lowest BCUT2D eigenvalue weighted by molar-refractivity contribution is -0.130. The van der Waals surface area contributed by atoms with E-state index in [-0.39, 0.29) is 24.2 Å². The molecule has 3 saturated heterocycles. The van der Waals surface area contributed by atoms with E-state index < -0.39 is 6.10 Å². The summed E-state index contributed by atoms with van der Waals surface area (Å²) in [4.78, 5) is 37.0. The van der Waals surface area contributed by atoms with Gasteiger partial charge in [0.25, 0.3) is 5.88 Å². The first-order chi connectivity index (χ1) is 30.6. The highest BCUT2D eigenvalue weighted by molar-refractivity contribution is 7.13. The smallest absolute Gasteiger partial charge is 0.254 e. The summed E-state index contributed by atoms with van der Waals surface area (Å²) in [6, 6.07) is 19.6. The molecule has 17 heteroatoms. The molecule has 4 N–H and O–H groups in total. The number of aliphatic hydroxyl groups is 1. The minimum atomic E-state index is -0.440. The Bertz CT molecular complexity index is 2190. The van der Waals surface area contributed by atoms with Crippen molar-refractivity contribution in [1.82, 2.24) is 40.4 Å². The third-order valence-electron chi connectivity index (χ3n) is 11.2. The zero-order valence-corrected chi connectivity index (χ0v) is 37.9. The van der Waals surface area contributed by atoms with Crippen LogP contribution in [0.15, 0.2) is 70.7 Å². The number of aromatic nitrogens is 4. The molecule has 3 fully saturated rings. The quantitative estimate of drug-likeness (QED) is 0.103. The van der Waals surface area contributed by atoms with Crippen LogP contribution in [0.5, 0.6) is 11.6 Å². The molecule has 0 spiro atoms. The molecule has 3 aromatic heterocycles. The second-order valence-electron chi connectivity index (χ2n) is 16.1. The molecule has 0 bridgehead atoms. The third kappa shape index (κ3) is 13.0. The second-order valence-corrected chi connectivity index (χ2v) is 17.0. The number of nitrogens with zero attached hydrogens (tertiary/aromatic N) is 8. The Labute approximate surface area is 374 Å². The number of hydrogen-bond donors (Lipinski definition) is 4. The molecule has 0 saturated carbocycles. The van der Waals surface area contributed by atoms with Gasteiger partial charge in [-0.3, -0.25) is 19.4 Å². The zero-order chi connectivity index (χ0) is 44.7. The fourth-order valence-corrected chi connectivity index (χ4v) is 8.82. The third-order valence-corrected chi connectivity index (χ3v) is 12.2. The zero-order valence-electron chi connectivity index (χ0n) is 37.1. The van der Waals surface area contributed by atoms with Crippen LogP contribution in [0.1, 0.15) is 57.1 Å². The van der Waals surface area contributed by atoms with Gasteiger partial charge in [0.05, 0.1) is 40.0 Å². The maximum atomic E-state index is 12.4. The van der Waals surface area contributed by atoms with Crippen LogP contribution >= 0.6 is 11.3 Å². The van der Waals surface area contributed by atoms with Gasteiger partial charge >= 0.3 is 0 Å². The van der Waals surface area contributed by atoms with Gasteiger partial charge in [0.2, 0.25) is 12.3 Å². The average Bonchev–Trinajstić information content (AvgIpc) is 4.13. The van der Waals surface area contributed by atoms with E-state index in [0.717, 1.165) is 75.0 Å². The minimum Gasteiger partial charge on any atom is -0.507 e. The Morgan fingerprint density at radius 3 is 2.44 bits per heavy atom. The summed E-state index contributed by atoms with van der Waals surface area (Å²) in [7, 11) is 1.85. The molecule has 5 aromatic rings. The first kappa shape index (κ1) is 46.9. The van der Waals surface area contributed by atoms with Crippen molar-refractivity contribution >= 4 is 35.2 Å². The lowest BCUT2D eigenvalue weighted by Gasteiger charge is -2.39. The predicted molar refractivity (Wildman–Crippen MR) is 246 cm³/mol. The Balaban J connectivity index is 0.000000289. The van der Waals surface area contributed by atoms with Crippen LogP contribution in [0.4, 0.5) is 11.5 Å². The average molecular weight is 883 g/mol. The molecular weight excluding hydrogens is 821 g/mol. The van der Waals surface area contributed by atoms with Gasteiger partial charge in [-0.25, -0.2) is 4.98 Å². The second kappa shape index (κ2) is 23.2. The maximum absolute atomic E-state index is 12.4. The maximum Gasteiger partial charge on any atom is 0.254 e. The van der Waals surface area contributed by atoms with Crippen molar-refractivity contribution in [2.75, 3.05) is 76.2 Å². The summed E-state index contributed by atoms with van der Waals surface area (Å²) in [5, 5.41) is 38.6. The highest BCUT2D eigenvalue weighted by Gasteiger charge is 2.32. The normalized spacial score (nSPS) is 18.2. The van der Waals surface area contributed by atoms with Gasteiger partial charge in [-0.05, 0) is 67.7 Å².